The van der Waals surface area contributed by atoms with Gasteiger partial charge in [0.2, 0.25) is 0 Å². The second-order valence-electron chi connectivity index (χ2n) is 2.68. The third-order valence-corrected chi connectivity index (χ3v) is 1.52. The summed E-state index contributed by atoms with van der Waals surface area (Å²) in [5.74, 6) is 0. The van der Waals surface area contributed by atoms with E-state index in [1.807, 2.05) is 32.2 Å². The Labute approximate surface area is 75.2 Å². The molecular formula is C11H17N. The lowest BCUT2D eigenvalue weighted by Crippen LogP contribution is -1.83. The quantitative estimate of drug-likeness (QED) is 0.444. The minimum absolute atomic E-state index is 1.01. The fourth-order valence-electron chi connectivity index (χ4n) is 0.615. The lowest BCUT2D eigenvalue weighted by molar-refractivity contribution is 1.25. The smallest absolute Gasteiger partial charge is 0.0269 e. The van der Waals surface area contributed by atoms with E-state index in [1.165, 1.54) is 0 Å². The molecule has 66 valence electrons. The Bertz CT molecular complexity index is 219. The van der Waals surface area contributed by atoms with Gasteiger partial charge in [-0.05, 0) is 31.9 Å². The molecule has 1 heteroatoms. The molecule has 0 heterocycles. The molecule has 0 saturated heterocycles. The van der Waals surface area contributed by atoms with Crippen molar-refractivity contribution in [3.63, 3.8) is 0 Å². The molecule has 0 bridgehead atoms. The van der Waals surface area contributed by atoms with Crippen LogP contribution < -0.4 is 0 Å². The predicted molar refractivity (Wildman–Crippen MR) is 56.5 cm³/mol. The number of hydrogen-bond acceptors (Lipinski definition) is 1. The highest BCUT2D eigenvalue weighted by Crippen LogP contribution is 1.95. The molecule has 0 amide bonds. The Balaban J connectivity index is 4.08. The first-order valence-electron chi connectivity index (χ1n) is 4.19. The van der Waals surface area contributed by atoms with Crippen LogP contribution in [0.15, 0.2) is 41.6 Å². The molecule has 0 spiro atoms. The molecule has 0 rings (SSSR count). The second kappa shape index (κ2) is 6.59. The molecule has 1 nitrogen and oxygen atoms in total. The summed E-state index contributed by atoms with van der Waals surface area (Å²) in [7, 11) is 0. The van der Waals surface area contributed by atoms with Gasteiger partial charge in [-0.2, -0.15) is 0 Å². The molecule has 0 radical (unpaired) electrons. The van der Waals surface area contributed by atoms with Crippen LogP contribution in [-0.4, -0.2) is 5.71 Å². The van der Waals surface area contributed by atoms with Crippen molar-refractivity contribution in [2.75, 3.05) is 0 Å². The molecule has 0 atom stereocenters. The van der Waals surface area contributed by atoms with Crippen molar-refractivity contribution in [2.24, 2.45) is 4.99 Å². The van der Waals surface area contributed by atoms with Crippen molar-refractivity contribution in [3.8, 4) is 0 Å². The van der Waals surface area contributed by atoms with Crippen molar-refractivity contribution in [1.82, 2.24) is 0 Å². The summed E-state index contributed by atoms with van der Waals surface area (Å²) in [6.07, 6.45) is 8.53. The SMILES string of the molecule is C=C/C=C(C)/C=C\N=C(/C)CC. The van der Waals surface area contributed by atoms with E-state index in [0.717, 1.165) is 17.7 Å². The Morgan fingerprint density at radius 1 is 1.42 bits per heavy atom. The molecule has 0 N–H and O–H groups in total. The van der Waals surface area contributed by atoms with E-state index < -0.39 is 0 Å². The zero-order chi connectivity index (χ0) is 9.40. The summed E-state index contributed by atoms with van der Waals surface area (Å²) in [5, 5.41) is 0. The molecule has 0 fully saturated rings. The lowest BCUT2D eigenvalue weighted by Gasteiger charge is -1.89. The van der Waals surface area contributed by atoms with Crippen molar-refractivity contribution >= 4 is 5.71 Å². The average Bonchev–Trinajstić information content (AvgIpc) is 2.04. The van der Waals surface area contributed by atoms with Gasteiger partial charge in [0.25, 0.3) is 0 Å². The predicted octanol–water partition coefficient (Wildman–Crippen LogP) is 3.50. The summed E-state index contributed by atoms with van der Waals surface area (Å²) in [5.41, 5.74) is 2.32. The van der Waals surface area contributed by atoms with Crippen molar-refractivity contribution in [3.05, 3.63) is 36.6 Å². The minimum atomic E-state index is 1.01. The van der Waals surface area contributed by atoms with Gasteiger partial charge in [-0.15, -0.1) is 0 Å². The highest BCUT2D eigenvalue weighted by Gasteiger charge is 1.80. The average molecular weight is 163 g/mol. The normalized spacial score (nSPS) is 13.9. The van der Waals surface area contributed by atoms with E-state index in [1.54, 1.807) is 6.08 Å². The van der Waals surface area contributed by atoms with E-state index in [-0.39, 0.29) is 0 Å². The van der Waals surface area contributed by atoms with Crippen molar-refractivity contribution < 1.29 is 0 Å². The van der Waals surface area contributed by atoms with Crippen LogP contribution >= 0.6 is 0 Å². The first-order chi connectivity index (χ1) is 5.70. The van der Waals surface area contributed by atoms with Gasteiger partial charge in [0, 0.05) is 11.9 Å². The first-order valence-corrected chi connectivity index (χ1v) is 4.19. The Kier molecular flexibility index (Phi) is 5.98. The molecule has 0 aromatic carbocycles. The molecule has 0 saturated carbocycles. The highest BCUT2D eigenvalue weighted by molar-refractivity contribution is 5.82. The van der Waals surface area contributed by atoms with E-state index >= 15 is 0 Å². The van der Waals surface area contributed by atoms with Crippen LogP contribution in [0.25, 0.3) is 0 Å². The fraction of sp³-hybridized carbons (Fsp3) is 0.364. The first kappa shape index (κ1) is 10.9. The summed E-state index contributed by atoms with van der Waals surface area (Å²) >= 11 is 0. The third kappa shape index (κ3) is 5.66. The van der Waals surface area contributed by atoms with Crippen LogP contribution in [0.5, 0.6) is 0 Å². The topological polar surface area (TPSA) is 12.4 Å². The largest absolute Gasteiger partial charge is 0.266 e. The summed E-state index contributed by atoms with van der Waals surface area (Å²) in [4.78, 5) is 4.23. The van der Waals surface area contributed by atoms with E-state index in [0.29, 0.717) is 0 Å². The summed E-state index contributed by atoms with van der Waals surface area (Å²) in [6, 6.07) is 0. The van der Waals surface area contributed by atoms with Crippen LogP contribution in [0.4, 0.5) is 0 Å². The van der Waals surface area contributed by atoms with Gasteiger partial charge in [0.05, 0.1) is 0 Å². The van der Waals surface area contributed by atoms with Crippen LogP contribution in [0.1, 0.15) is 27.2 Å². The third-order valence-electron chi connectivity index (χ3n) is 1.52. The van der Waals surface area contributed by atoms with Gasteiger partial charge in [0.1, 0.15) is 0 Å². The zero-order valence-corrected chi connectivity index (χ0v) is 8.17. The Hall–Kier alpha value is -1.11. The van der Waals surface area contributed by atoms with Gasteiger partial charge >= 0.3 is 0 Å². The van der Waals surface area contributed by atoms with Crippen molar-refractivity contribution in [2.45, 2.75) is 27.2 Å². The lowest BCUT2D eigenvalue weighted by atomic mass is 10.3. The number of rotatable bonds is 4. The molecule has 0 aromatic rings. The van der Waals surface area contributed by atoms with Crippen LogP contribution in [0.2, 0.25) is 0 Å². The van der Waals surface area contributed by atoms with Gasteiger partial charge in [-0.1, -0.05) is 25.7 Å². The number of aliphatic imine (C=N–C) groups is 1. The van der Waals surface area contributed by atoms with Crippen LogP contribution in [-0.2, 0) is 0 Å². The standard InChI is InChI=1S/C11H17N/c1-5-7-10(3)8-9-12-11(4)6-2/h5,7-9H,1,6H2,2-4H3/b9-8-,10-7+,12-11+. The minimum Gasteiger partial charge on any atom is -0.266 e. The molecular weight excluding hydrogens is 146 g/mol. The molecule has 12 heavy (non-hydrogen) atoms. The maximum absolute atomic E-state index is 4.23. The highest BCUT2D eigenvalue weighted by atomic mass is 14.7. The second-order valence-corrected chi connectivity index (χ2v) is 2.68. The maximum Gasteiger partial charge on any atom is 0.0269 e. The monoisotopic (exact) mass is 163 g/mol. The fourth-order valence-corrected chi connectivity index (χ4v) is 0.615. The number of hydrogen-bond donors (Lipinski definition) is 0. The van der Waals surface area contributed by atoms with Crippen LogP contribution in [0, 0.1) is 0 Å². The summed E-state index contributed by atoms with van der Waals surface area (Å²) < 4.78 is 0. The molecule has 0 aliphatic rings. The zero-order valence-electron chi connectivity index (χ0n) is 8.17. The number of nitrogens with zero attached hydrogens (tertiary/aromatic N) is 1. The molecule has 0 aromatic heterocycles. The Morgan fingerprint density at radius 3 is 2.58 bits per heavy atom. The van der Waals surface area contributed by atoms with Gasteiger partial charge in [-0.3, -0.25) is 4.99 Å². The summed E-state index contributed by atoms with van der Waals surface area (Å²) in [6.45, 7) is 9.76. The van der Waals surface area contributed by atoms with Crippen molar-refractivity contribution in [1.29, 1.82) is 0 Å². The molecule has 0 unspecified atom stereocenters. The molecule has 0 aliphatic carbocycles. The van der Waals surface area contributed by atoms with Crippen LogP contribution in [0.3, 0.4) is 0 Å². The van der Waals surface area contributed by atoms with Gasteiger partial charge < -0.3 is 0 Å². The maximum atomic E-state index is 4.23. The van der Waals surface area contributed by atoms with Gasteiger partial charge in [0.15, 0.2) is 0 Å². The van der Waals surface area contributed by atoms with E-state index in [2.05, 4.69) is 18.5 Å². The van der Waals surface area contributed by atoms with E-state index in [4.69, 9.17) is 0 Å². The van der Waals surface area contributed by atoms with Gasteiger partial charge in [-0.25, -0.2) is 0 Å². The Morgan fingerprint density at radius 2 is 2.08 bits per heavy atom. The number of allylic oxidation sites excluding steroid dienone is 4. The molecule has 0 aliphatic heterocycles. The van der Waals surface area contributed by atoms with E-state index in [9.17, 15) is 0 Å².